The van der Waals surface area contributed by atoms with Crippen molar-refractivity contribution in [3.05, 3.63) is 29.8 Å². The maximum absolute atomic E-state index is 12.7. The lowest BCUT2D eigenvalue weighted by Gasteiger charge is -2.24. The number of carbonyl (C=O) groups is 4. The molecule has 1 aromatic carbocycles. The van der Waals surface area contributed by atoms with E-state index in [-0.39, 0.29) is 18.1 Å². The molecule has 1 rings (SSSR count). The van der Waals surface area contributed by atoms with E-state index < -0.39 is 55.0 Å². The molecule has 0 fully saturated rings. The standard InChI is InChI=1S/C19H28N4O7/c1-10(2)16(20)19(30)22-13(7-11-3-5-12(25)6-4-11)18(29)23-14(9-24)17(28)21-8-15(26)27/h3-6,10,13-14,16,24-25H,7-9,20H2,1-2H3,(H,21,28)(H,22,30)(H,23,29)(H,26,27). The number of carbonyl (C=O) groups excluding carboxylic acids is 3. The Labute approximate surface area is 173 Å². The van der Waals surface area contributed by atoms with Gasteiger partial charge >= 0.3 is 5.97 Å². The molecule has 3 unspecified atom stereocenters. The van der Waals surface area contributed by atoms with Crippen LogP contribution in [0.15, 0.2) is 24.3 Å². The first-order valence-corrected chi connectivity index (χ1v) is 9.29. The zero-order valence-corrected chi connectivity index (χ0v) is 16.8. The summed E-state index contributed by atoms with van der Waals surface area (Å²) in [4.78, 5) is 47.6. The van der Waals surface area contributed by atoms with Crippen LogP contribution in [0.1, 0.15) is 19.4 Å². The Morgan fingerprint density at radius 3 is 2.03 bits per heavy atom. The first-order chi connectivity index (χ1) is 14.0. The second-order valence-corrected chi connectivity index (χ2v) is 7.06. The summed E-state index contributed by atoms with van der Waals surface area (Å²) in [5.41, 5.74) is 6.44. The molecule has 8 N–H and O–H groups in total. The summed E-state index contributed by atoms with van der Waals surface area (Å²) in [6, 6.07) is 2.56. The van der Waals surface area contributed by atoms with Gasteiger partial charge in [-0.1, -0.05) is 26.0 Å². The van der Waals surface area contributed by atoms with Crippen LogP contribution in [0.4, 0.5) is 0 Å². The summed E-state index contributed by atoms with van der Waals surface area (Å²) in [7, 11) is 0. The maximum atomic E-state index is 12.7. The van der Waals surface area contributed by atoms with Crippen LogP contribution in [0.2, 0.25) is 0 Å². The number of hydrogen-bond donors (Lipinski definition) is 7. The largest absolute Gasteiger partial charge is 0.508 e. The highest BCUT2D eigenvalue weighted by Crippen LogP contribution is 2.12. The van der Waals surface area contributed by atoms with E-state index in [1.54, 1.807) is 26.0 Å². The van der Waals surface area contributed by atoms with Crippen molar-refractivity contribution in [1.82, 2.24) is 16.0 Å². The highest BCUT2D eigenvalue weighted by Gasteiger charge is 2.29. The lowest BCUT2D eigenvalue weighted by atomic mass is 10.0. The number of benzene rings is 1. The van der Waals surface area contributed by atoms with Crippen LogP contribution in [-0.4, -0.2) is 70.3 Å². The summed E-state index contributed by atoms with van der Waals surface area (Å²) in [6.45, 7) is 2.03. The molecule has 0 saturated heterocycles. The van der Waals surface area contributed by atoms with Gasteiger partial charge in [0, 0.05) is 6.42 Å². The number of aliphatic carboxylic acids is 1. The van der Waals surface area contributed by atoms with Crippen LogP contribution in [0, 0.1) is 5.92 Å². The van der Waals surface area contributed by atoms with Crippen molar-refractivity contribution in [2.45, 2.75) is 38.4 Å². The lowest BCUT2D eigenvalue weighted by molar-refractivity contribution is -0.139. The molecule has 3 amide bonds. The quantitative estimate of drug-likeness (QED) is 0.214. The molecule has 0 aliphatic rings. The highest BCUT2D eigenvalue weighted by atomic mass is 16.4. The number of nitrogens with two attached hydrogens (primary N) is 1. The summed E-state index contributed by atoms with van der Waals surface area (Å²) in [5, 5.41) is 34.3. The Hall–Kier alpha value is -3.18. The monoisotopic (exact) mass is 424 g/mol. The molecule has 0 heterocycles. The van der Waals surface area contributed by atoms with Crippen molar-refractivity contribution in [3.63, 3.8) is 0 Å². The molecule has 3 atom stereocenters. The van der Waals surface area contributed by atoms with Gasteiger partial charge in [-0.05, 0) is 23.6 Å². The van der Waals surface area contributed by atoms with E-state index >= 15 is 0 Å². The van der Waals surface area contributed by atoms with Gasteiger partial charge in [0.05, 0.1) is 12.6 Å². The molecule has 0 bridgehead atoms. The number of phenols is 1. The fraction of sp³-hybridized carbons (Fsp3) is 0.474. The first-order valence-electron chi connectivity index (χ1n) is 9.29. The molecule has 0 spiro atoms. The zero-order valence-electron chi connectivity index (χ0n) is 16.8. The van der Waals surface area contributed by atoms with E-state index in [1.807, 2.05) is 0 Å². The van der Waals surface area contributed by atoms with Crippen LogP contribution in [0.25, 0.3) is 0 Å². The van der Waals surface area contributed by atoms with Gasteiger partial charge in [0.15, 0.2) is 0 Å². The van der Waals surface area contributed by atoms with Crippen LogP contribution < -0.4 is 21.7 Å². The normalized spacial score (nSPS) is 13.8. The van der Waals surface area contributed by atoms with Crippen LogP contribution in [0.5, 0.6) is 5.75 Å². The molecule has 11 nitrogen and oxygen atoms in total. The second kappa shape index (κ2) is 11.7. The van der Waals surface area contributed by atoms with Gasteiger partial charge in [-0.2, -0.15) is 0 Å². The third-order valence-corrected chi connectivity index (χ3v) is 4.26. The molecule has 0 aromatic heterocycles. The van der Waals surface area contributed by atoms with Gasteiger partial charge in [-0.3, -0.25) is 19.2 Å². The minimum Gasteiger partial charge on any atom is -0.508 e. The second-order valence-electron chi connectivity index (χ2n) is 7.06. The van der Waals surface area contributed by atoms with Crippen molar-refractivity contribution < 1.29 is 34.5 Å². The number of hydrogen-bond acceptors (Lipinski definition) is 7. The zero-order chi connectivity index (χ0) is 22.8. The SMILES string of the molecule is CC(C)C(N)C(=O)NC(Cc1ccc(O)cc1)C(=O)NC(CO)C(=O)NCC(=O)O. The van der Waals surface area contributed by atoms with Crippen molar-refractivity contribution in [2.75, 3.05) is 13.2 Å². The minimum absolute atomic E-state index is 0.0254. The minimum atomic E-state index is -1.41. The van der Waals surface area contributed by atoms with Gasteiger partial charge in [0.25, 0.3) is 0 Å². The third-order valence-electron chi connectivity index (χ3n) is 4.26. The highest BCUT2D eigenvalue weighted by molar-refractivity contribution is 5.93. The molecular weight excluding hydrogens is 396 g/mol. The fourth-order valence-corrected chi connectivity index (χ4v) is 2.40. The smallest absolute Gasteiger partial charge is 0.322 e. The fourth-order valence-electron chi connectivity index (χ4n) is 2.40. The molecule has 1 aromatic rings. The molecule has 0 aliphatic heterocycles. The summed E-state index contributed by atoms with van der Waals surface area (Å²) < 4.78 is 0. The van der Waals surface area contributed by atoms with Crippen LogP contribution in [-0.2, 0) is 25.6 Å². The van der Waals surface area contributed by atoms with Gasteiger partial charge in [0.1, 0.15) is 24.4 Å². The molecule has 0 saturated carbocycles. The van der Waals surface area contributed by atoms with Crippen LogP contribution >= 0.6 is 0 Å². The van der Waals surface area contributed by atoms with Crippen molar-refractivity contribution in [3.8, 4) is 5.75 Å². The topological polar surface area (TPSA) is 191 Å². The number of aliphatic hydroxyl groups is 1. The third kappa shape index (κ3) is 8.05. The predicted octanol–water partition coefficient (Wildman–Crippen LogP) is -1.92. The predicted molar refractivity (Wildman–Crippen MR) is 106 cm³/mol. The molecule has 30 heavy (non-hydrogen) atoms. The average Bonchev–Trinajstić information content (AvgIpc) is 2.70. The maximum Gasteiger partial charge on any atom is 0.322 e. The van der Waals surface area contributed by atoms with Gasteiger partial charge < -0.3 is 37.0 Å². The van der Waals surface area contributed by atoms with E-state index in [1.165, 1.54) is 12.1 Å². The van der Waals surface area contributed by atoms with Crippen LogP contribution in [0.3, 0.4) is 0 Å². The average molecular weight is 424 g/mol. The Morgan fingerprint density at radius 1 is 0.967 bits per heavy atom. The summed E-state index contributed by atoms with van der Waals surface area (Å²) in [6.07, 6.45) is 0.0254. The number of aliphatic hydroxyl groups excluding tert-OH is 1. The number of nitrogens with one attached hydrogen (secondary N) is 3. The molecule has 166 valence electrons. The summed E-state index contributed by atoms with van der Waals surface area (Å²) in [5.74, 6) is -3.67. The lowest BCUT2D eigenvalue weighted by Crippen LogP contribution is -2.58. The van der Waals surface area contributed by atoms with Crippen molar-refractivity contribution in [2.24, 2.45) is 11.7 Å². The van der Waals surface area contributed by atoms with E-state index in [4.69, 9.17) is 10.8 Å². The Balaban J connectivity index is 2.95. The molecule has 11 heteroatoms. The Kier molecular flexibility index (Phi) is 9.72. The van der Waals surface area contributed by atoms with E-state index in [9.17, 15) is 29.4 Å². The molecular formula is C19H28N4O7. The number of aromatic hydroxyl groups is 1. The number of carboxylic acid groups (broad SMARTS) is 1. The molecule has 0 aliphatic carbocycles. The number of carboxylic acids is 1. The Morgan fingerprint density at radius 2 is 1.53 bits per heavy atom. The van der Waals surface area contributed by atoms with Gasteiger partial charge in [0.2, 0.25) is 17.7 Å². The van der Waals surface area contributed by atoms with E-state index in [0.717, 1.165) is 0 Å². The Bertz CT molecular complexity index is 752. The van der Waals surface area contributed by atoms with Gasteiger partial charge in [-0.25, -0.2) is 0 Å². The van der Waals surface area contributed by atoms with Crippen molar-refractivity contribution in [1.29, 1.82) is 0 Å². The number of amides is 3. The van der Waals surface area contributed by atoms with Crippen molar-refractivity contribution >= 4 is 23.7 Å². The summed E-state index contributed by atoms with van der Waals surface area (Å²) >= 11 is 0. The van der Waals surface area contributed by atoms with E-state index in [0.29, 0.717) is 5.56 Å². The number of rotatable bonds is 11. The first kappa shape index (κ1) is 24.9. The van der Waals surface area contributed by atoms with Gasteiger partial charge in [-0.15, -0.1) is 0 Å². The molecule has 0 radical (unpaired) electrons. The number of phenolic OH excluding ortho intramolecular Hbond substituents is 1. The van der Waals surface area contributed by atoms with E-state index in [2.05, 4.69) is 16.0 Å².